The van der Waals surface area contributed by atoms with E-state index in [4.69, 9.17) is 0 Å². The summed E-state index contributed by atoms with van der Waals surface area (Å²) in [6.07, 6.45) is 0.682. The van der Waals surface area contributed by atoms with Gasteiger partial charge in [0.1, 0.15) is 17.3 Å². The second-order valence-electron chi connectivity index (χ2n) is 6.65. The maximum atomic E-state index is 12.4. The van der Waals surface area contributed by atoms with Gasteiger partial charge in [-0.15, -0.1) is 0 Å². The summed E-state index contributed by atoms with van der Waals surface area (Å²) in [6.45, 7) is 0.494. The van der Waals surface area contributed by atoms with Gasteiger partial charge in [0.2, 0.25) is 0 Å². The molecule has 2 aromatic carbocycles. The molecule has 3 aromatic rings. The zero-order valence-corrected chi connectivity index (χ0v) is 16.0. The Bertz CT molecular complexity index is 939. The van der Waals surface area contributed by atoms with Gasteiger partial charge in [0.25, 0.3) is 5.91 Å². The molecule has 0 unspecified atom stereocenters. The van der Waals surface area contributed by atoms with Crippen LogP contribution in [-0.2, 0) is 6.42 Å². The number of carbonyl (C=O) groups is 1. The number of pyridine rings is 1. The lowest BCUT2D eigenvalue weighted by Gasteiger charge is -2.14. The highest BCUT2D eigenvalue weighted by molar-refractivity contribution is 5.92. The smallest absolute Gasteiger partial charge is 0.269 e. The Morgan fingerprint density at radius 1 is 1.04 bits per heavy atom. The van der Waals surface area contributed by atoms with E-state index in [1.54, 1.807) is 24.3 Å². The zero-order chi connectivity index (χ0) is 19.9. The minimum Gasteiger partial charge on any atom is -0.508 e. The third-order valence-electron chi connectivity index (χ3n) is 4.25. The van der Waals surface area contributed by atoms with Crippen molar-refractivity contribution >= 4 is 23.1 Å². The molecule has 1 heterocycles. The molecule has 0 radical (unpaired) electrons. The lowest BCUT2D eigenvalue weighted by molar-refractivity contribution is 0.0949. The first-order valence-corrected chi connectivity index (χ1v) is 9.09. The molecule has 1 aromatic heterocycles. The van der Waals surface area contributed by atoms with Gasteiger partial charge in [-0.2, -0.15) is 0 Å². The second kappa shape index (κ2) is 8.90. The molecule has 0 saturated carbocycles. The van der Waals surface area contributed by atoms with Gasteiger partial charge in [-0.3, -0.25) is 4.79 Å². The first kappa shape index (κ1) is 19.2. The molecule has 3 rings (SSSR count). The molecule has 0 atom stereocenters. The van der Waals surface area contributed by atoms with E-state index >= 15 is 0 Å². The normalized spacial score (nSPS) is 10.4. The van der Waals surface area contributed by atoms with E-state index in [-0.39, 0.29) is 11.7 Å². The second-order valence-corrected chi connectivity index (χ2v) is 6.65. The SMILES string of the molecule is CN(C)c1cccc(Nc2cccc(C(=O)NCCc3ccc(O)cc3)n2)c1. The summed E-state index contributed by atoms with van der Waals surface area (Å²) in [5.41, 5.74) is 3.39. The van der Waals surface area contributed by atoms with Crippen LogP contribution >= 0.6 is 0 Å². The highest BCUT2D eigenvalue weighted by Gasteiger charge is 2.08. The summed E-state index contributed by atoms with van der Waals surface area (Å²) in [4.78, 5) is 18.8. The number of phenols is 1. The van der Waals surface area contributed by atoms with Crippen molar-refractivity contribution in [3.8, 4) is 5.75 Å². The van der Waals surface area contributed by atoms with Gasteiger partial charge in [-0.1, -0.05) is 24.3 Å². The Labute approximate surface area is 164 Å². The Hall–Kier alpha value is -3.54. The third-order valence-corrected chi connectivity index (χ3v) is 4.25. The minimum atomic E-state index is -0.218. The number of amides is 1. The van der Waals surface area contributed by atoms with Crippen molar-refractivity contribution in [1.82, 2.24) is 10.3 Å². The molecule has 0 spiro atoms. The predicted molar refractivity (Wildman–Crippen MR) is 112 cm³/mol. The summed E-state index contributed by atoms with van der Waals surface area (Å²) >= 11 is 0. The van der Waals surface area contributed by atoms with E-state index in [1.165, 1.54) is 0 Å². The molecule has 0 bridgehead atoms. The zero-order valence-electron chi connectivity index (χ0n) is 16.0. The van der Waals surface area contributed by atoms with Crippen LogP contribution in [0.2, 0.25) is 0 Å². The summed E-state index contributed by atoms with van der Waals surface area (Å²) in [5, 5.41) is 15.4. The largest absolute Gasteiger partial charge is 0.508 e. The summed E-state index contributed by atoms with van der Waals surface area (Å²) < 4.78 is 0. The maximum absolute atomic E-state index is 12.4. The fourth-order valence-corrected chi connectivity index (χ4v) is 2.71. The number of rotatable bonds is 7. The number of phenolic OH excluding ortho intramolecular Hbond substituents is 1. The third kappa shape index (κ3) is 5.23. The quantitative estimate of drug-likeness (QED) is 0.588. The van der Waals surface area contributed by atoms with Crippen LogP contribution in [0.1, 0.15) is 16.1 Å². The van der Waals surface area contributed by atoms with Crippen LogP contribution in [0, 0.1) is 0 Å². The Morgan fingerprint density at radius 2 is 1.79 bits per heavy atom. The molecule has 6 nitrogen and oxygen atoms in total. The van der Waals surface area contributed by atoms with Crippen LogP contribution in [0.3, 0.4) is 0 Å². The maximum Gasteiger partial charge on any atom is 0.269 e. The van der Waals surface area contributed by atoms with Gasteiger partial charge in [-0.05, 0) is 54.4 Å². The van der Waals surface area contributed by atoms with E-state index in [9.17, 15) is 9.90 Å². The Morgan fingerprint density at radius 3 is 2.54 bits per heavy atom. The van der Waals surface area contributed by atoms with Crippen molar-refractivity contribution in [2.45, 2.75) is 6.42 Å². The van der Waals surface area contributed by atoms with E-state index in [0.29, 0.717) is 24.5 Å². The van der Waals surface area contributed by atoms with Gasteiger partial charge in [-0.25, -0.2) is 4.98 Å². The minimum absolute atomic E-state index is 0.218. The fourth-order valence-electron chi connectivity index (χ4n) is 2.71. The Kier molecular flexibility index (Phi) is 6.11. The summed E-state index contributed by atoms with van der Waals surface area (Å²) in [6, 6.07) is 20.3. The number of anilines is 3. The summed E-state index contributed by atoms with van der Waals surface area (Å²) in [7, 11) is 3.97. The monoisotopic (exact) mass is 376 g/mol. The molecule has 0 aliphatic carbocycles. The molecule has 0 fully saturated rings. The number of nitrogens with one attached hydrogen (secondary N) is 2. The number of hydrogen-bond donors (Lipinski definition) is 3. The molecular weight excluding hydrogens is 352 g/mol. The average Bonchev–Trinajstić information content (AvgIpc) is 2.70. The standard InChI is InChI=1S/C22H24N4O2/c1-26(2)18-6-3-5-17(15-18)24-21-8-4-7-20(25-21)22(28)23-14-13-16-9-11-19(27)12-10-16/h3-12,15,27H,13-14H2,1-2H3,(H,23,28)(H,24,25). The molecule has 0 saturated heterocycles. The van der Waals surface area contributed by atoms with Crippen LogP contribution in [0.15, 0.2) is 66.7 Å². The number of nitrogens with zero attached hydrogens (tertiary/aromatic N) is 2. The van der Waals surface area contributed by atoms with Crippen LogP contribution in [0.5, 0.6) is 5.75 Å². The van der Waals surface area contributed by atoms with Crippen molar-refractivity contribution in [2.24, 2.45) is 0 Å². The molecule has 6 heteroatoms. The van der Waals surface area contributed by atoms with Gasteiger partial charge in [0.15, 0.2) is 0 Å². The van der Waals surface area contributed by atoms with Crippen LogP contribution in [0.25, 0.3) is 0 Å². The summed E-state index contributed by atoms with van der Waals surface area (Å²) in [5.74, 6) is 0.629. The molecule has 0 aliphatic heterocycles. The molecule has 3 N–H and O–H groups in total. The van der Waals surface area contributed by atoms with Gasteiger partial charge >= 0.3 is 0 Å². The molecule has 144 valence electrons. The number of carbonyl (C=O) groups excluding carboxylic acids is 1. The highest BCUT2D eigenvalue weighted by Crippen LogP contribution is 2.20. The first-order chi connectivity index (χ1) is 13.5. The van der Waals surface area contributed by atoms with E-state index < -0.39 is 0 Å². The van der Waals surface area contributed by atoms with E-state index in [2.05, 4.69) is 15.6 Å². The lowest BCUT2D eigenvalue weighted by atomic mass is 10.1. The van der Waals surface area contributed by atoms with Gasteiger partial charge in [0, 0.05) is 32.0 Å². The number of aromatic hydroxyl groups is 1. The number of hydrogen-bond acceptors (Lipinski definition) is 5. The van der Waals surface area contributed by atoms with Crippen molar-refractivity contribution in [3.63, 3.8) is 0 Å². The van der Waals surface area contributed by atoms with Crippen LogP contribution in [-0.4, -0.2) is 36.6 Å². The van der Waals surface area contributed by atoms with Crippen LogP contribution in [0.4, 0.5) is 17.2 Å². The van der Waals surface area contributed by atoms with Gasteiger partial charge < -0.3 is 20.6 Å². The average molecular weight is 376 g/mol. The van der Waals surface area contributed by atoms with Crippen LogP contribution < -0.4 is 15.5 Å². The predicted octanol–water partition coefficient (Wildman–Crippen LogP) is 3.57. The van der Waals surface area contributed by atoms with E-state index in [0.717, 1.165) is 16.9 Å². The molecular formula is C22H24N4O2. The van der Waals surface area contributed by atoms with Crippen molar-refractivity contribution in [3.05, 3.63) is 78.0 Å². The van der Waals surface area contributed by atoms with Crippen molar-refractivity contribution in [2.75, 3.05) is 30.9 Å². The van der Waals surface area contributed by atoms with Gasteiger partial charge in [0.05, 0.1) is 0 Å². The highest BCUT2D eigenvalue weighted by atomic mass is 16.3. The fraction of sp³-hybridized carbons (Fsp3) is 0.182. The first-order valence-electron chi connectivity index (χ1n) is 9.09. The van der Waals surface area contributed by atoms with Crippen molar-refractivity contribution < 1.29 is 9.90 Å². The number of benzene rings is 2. The Balaban J connectivity index is 1.59. The topological polar surface area (TPSA) is 77.5 Å². The van der Waals surface area contributed by atoms with E-state index in [1.807, 2.05) is 61.5 Å². The lowest BCUT2D eigenvalue weighted by Crippen LogP contribution is -2.26. The van der Waals surface area contributed by atoms with Crippen molar-refractivity contribution in [1.29, 1.82) is 0 Å². The molecule has 0 aliphatic rings. The molecule has 1 amide bonds. The number of aromatic nitrogens is 1. The molecule has 28 heavy (non-hydrogen) atoms.